The molecular weight excluding hydrogens is 242 g/mol. The summed E-state index contributed by atoms with van der Waals surface area (Å²) in [5.74, 6) is 3.11. The fraction of sp³-hybridized carbons (Fsp3) is 0.786. The number of nitrogens with zero attached hydrogens (tertiary/aromatic N) is 1. The number of nitrogen functional groups attached to an aromatic ring is 1. The van der Waals surface area contributed by atoms with Crippen LogP contribution in [0.5, 0.6) is 0 Å². The number of hydrogen-bond acceptors (Lipinski definition) is 4. The third kappa shape index (κ3) is 2.11. The Morgan fingerprint density at radius 3 is 2.72 bits per heavy atom. The molecule has 1 aromatic heterocycles. The highest BCUT2D eigenvalue weighted by Crippen LogP contribution is 2.48. The summed E-state index contributed by atoms with van der Waals surface area (Å²) in [7, 11) is 0. The van der Waals surface area contributed by atoms with E-state index in [2.05, 4.69) is 23.5 Å². The molecule has 3 N–H and O–H groups in total. The van der Waals surface area contributed by atoms with Crippen molar-refractivity contribution in [2.24, 2.45) is 11.8 Å². The Bertz CT molecular complexity index is 425. The van der Waals surface area contributed by atoms with E-state index >= 15 is 0 Å². The minimum absolute atomic E-state index is 0.618. The Morgan fingerprint density at radius 2 is 2.11 bits per heavy atom. The topological polar surface area (TPSA) is 50.9 Å². The van der Waals surface area contributed by atoms with E-state index in [0.29, 0.717) is 12.0 Å². The lowest BCUT2D eigenvalue weighted by atomic mass is 9.93. The van der Waals surface area contributed by atoms with Gasteiger partial charge in [0.1, 0.15) is 10.8 Å². The quantitative estimate of drug-likeness (QED) is 0.869. The van der Waals surface area contributed by atoms with E-state index in [9.17, 15) is 0 Å². The molecule has 0 aliphatic heterocycles. The highest BCUT2D eigenvalue weighted by molar-refractivity contribution is 7.10. The first-order valence-electron chi connectivity index (χ1n) is 7.22. The standard InChI is InChI=1S/C14H23N3S/c1-3-9-6-7-11(8(9)2)16-14-12(10-4-5-10)13(15)17-18-14/h8-11,16H,3-7H2,1-2H3,(H2,15,17). The van der Waals surface area contributed by atoms with Crippen LogP contribution >= 0.6 is 11.5 Å². The Labute approximate surface area is 113 Å². The Balaban J connectivity index is 1.73. The average molecular weight is 265 g/mol. The molecule has 3 nitrogen and oxygen atoms in total. The van der Waals surface area contributed by atoms with Gasteiger partial charge in [0.25, 0.3) is 0 Å². The number of nitrogens with one attached hydrogen (secondary N) is 1. The second-order valence-electron chi connectivity index (χ2n) is 5.94. The molecule has 2 fully saturated rings. The molecule has 1 aromatic rings. The number of anilines is 2. The smallest absolute Gasteiger partial charge is 0.142 e. The number of nitrogens with two attached hydrogens (primary N) is 1. The number of rotatable bonds is 4. The zero-order valence-electron chi connectivity index (χ0n) is 11.3. The lowest BCUT2D eigenvalue weighted by Crippen LogP contribution is -2.24. The molecule has 2 aliphatic rings. The van der Waals surface area contributed by atoms with Crippen LogP contribution in [0.25, 0.3) is 0 Å². The predicted molar refractivity (Wildman–Crippen MR) is 78.1 cm³/mol. The van der Waals surface area contributed by atoms with E-state index in [-0.39, 0.29) is 0 Å². The van der Waals surface area contributed by atoms with Crippen LogP contribution in [0.3, 0.4) is 0 Å². The van der Waals surface area contributed by atoms with E-state index < -0.39 is 0 Å². The molecular formula is C14H23N3S. The van der Waals surface area contributed by atoms with Crippen LogP contribution in [0, 0.1) is 11.8 Å². The molecule has 0 amide bonds. The van der Waals surface area contributed by atoms with E-state index in [1.807, 2.05) is 0 Å². The van der Waals surface area contributed by atoms with Crippen LogP contribution in [-0.4, -0.2) is 10.4 Å². The van der Waals surface area contributed by atoms with Crippen molar-refractivity contribution in [3.05, 3.63) is 5.56 Å². The van der Waals surface area contributed by atoms with Crippen molar-refractivity contribution in [2.75, 3.05) is 11.1 Å². The van der Waals surface area contributed by atoms with Crippen molar-refractivity contribution in [3.8, 4) is 0 Å². The van der Waals surface area contributed by atoms with Gasteiger partial charge in [-0.25, -0.2) is 0 Å². The normalized spacial score (nSPS) is 31.8. The first kappa shape index (κ1) is 12.3. The van der Waals surface area contributed by atoms with Gasteiger partial charge in [-0.05, 0) is 55.0 Å². The number of hydrogen-bond donors (Lipinski definition) is 2. The summed E-state index contributed by atoms with van der Waals surface area (Å²) in [5.41, 5.74) is 7.32. The van der Waals surface area contributed by atoms with E-state index in [0.717, 1.165) is 17.7 Å². The third-order valence-electron chi connectivity index (χ3n) is 4.81. The fourth-order valence-electron chi connectivity index (χ4n) is 3.38. The SMILES string of the molecule is CCC1CCC(Nc2snc(N)c2C2CC2)C1C. The monoisotopic (exact) mass is 265 g/mol. The largest absolute Gasteiger partial charge is 0.383 e. The molecule has 0 radical (unpaired) electrons. The van der Waals surface area contributed by atoms with Crippen LogP contribution in [0.15, 0.2) is 0 Å². The molecule has 100 valence electrons. The molecule has 0 aromatic carbocycles. The minimum Gasteiger partial charge on any atom is -0.383 e. The Morgan fingerprint density at radius 1 is 1.33 bits per heavy atom. The summed E-state index contributed by atoms with van der Waals surface area (Å²) in [5, 5.41) is 5.00. The summed E-state index contributed by atoms with van der Waals surface area (Å²) < 4.78 is 4.34. The highest BCUT2D eigenvalue weighted by Gasteiger charge is 2.35. The summed E-state index contributed by atoms with van der Waals surface area (Å²) in [6.45, 7) is 4.70. The molecule has 1 heterocycles. The van der Waals surface area contributed by atoms with Crippen LogP contribution in [0.4, 0.5) is 10.8 Å². The molecule has 3 rings (SSSR count). The number of aromatic nitrogens is 1. The van der Waals surface area contributed by atoms with Gasteiger partial charge in [-0.1, -0.05) is 20.3 Å². The van der Waals surface area contributed by atoms with E-state index in [1.165, 1.54) is 42.7 Å². The Hall–Kier alpha value is -0.770. The molecule has 4 heteroatoms. The van der Waals surface area contributed by atoms with Crippen molar-refractivity contribution in [2.45, 2.75) is 57.9 Å². The van der Waals surface area contributed by atoms with Crippen LogP contribution in [-0.2, 0) is 0 Å². The predicted octanol–water partition coefficient (Wildman–Crippen LogP) is 3.84. The third-order valence-corrected chi connectivity index (χ3v) is 5.62. The van der Waals surface area contributed by atoms with Gasteiger partial charge in [-0.15, -0.1) is 0 Å². The Kier molecular flexibility index (Phi) is 3.22. The lowest BCUT2D eigenvalue weighted by molar-refractivity contribution is 0.392. The maximum absolute atomic E-state index is 6.00. The van der Waals surface area contributed by atoms with Crippen molar-refractivity contribution >= 4 is 22.4 Å². The van der Waals surface area contributed by atoms with Gasteiger partial charge in [0.2, 0.25) is 0 Å². The summed E-state index contributed by atoms with van der Waals surface area (Å²) in [6, 6.07) is 0.618. The van der Waals surface area contributed by atoms with Gasteiger partial charge in [-0.3, -0.25) is 0 Å². The summed E-state index contributed by atoms with van der Waals surface area (Å²) in [4.78, 5) is 0. The van der Waals surface area contributed by atoms with Crippen molar-refractivity contribution < 1.29 is 0 Å². The van der Waals surface area contributed by atoms with Gasteiger partial charge in [0.05, 0.1) is 0 Å². The molecule has 2 saturated carbocycles. The summed E-state index contributed by atoms with van der Waals surface area (Å²) >= 11 is 1.56. The second-order valence-corrected chi connectivity index (χ2v) is 6.71. The zero-order chi connectivity index (χ0) is 12.7. The van der Waals surface area contributed by atoms with E-state index in [4.69, 9.17) is 5.73 Å². The average Bonchev–Trinajstić information content (AvgIpc) is 3.05. The maximum atomic E-state index is 6.00. The van der Waals surface area contributed by atoms with Crippen LogP contribution in [0.2, 0.25) is 0 Å². The molecule has 0 bridgehead atoms. The lowest BCUT2D eigenvalue weighted by Gasteiger charge is -2.21. The molecule has 0 spiro atoms. The molecule has 3 atom stereocenters. The van der Waals surface area contributed by atoms with Gasteiger partial charge in [-0.2, -0.15) is 4.37 Å². The van der Waals surface area contributed by atoms with Gasteiger partial charge >= 0.3 is 0 Å². The summed E-state index contributed by atoms with van der Waals surface area (Å²) in [6.07, 6.45) is 6.54. The van der Waals surface area contributed by atoms with Gasteiger partial charge in [0.15, 0.2) is 0 Å². The van der Waals surface area contributed by atoms with Gasteiger partial charge in [0, 0.05) is 11.6 Å². The molecule has 2 aliphatic carbocycles. The fourth-order valence-corrected chi connectivity index (χ4v) is 4.24. The highest BCUT2D eigenvalue weighted by atomic mass is 32.1. The molecule has 3 unspecified atom stereocenters. The van der Waals surface area contributed by atoms with Gasteiger partial charge < -0.3 is 11.1 Å². The zero-order valence-corrected chi connectivity index (χ0v) is 12.1. The first-order valence-corrected chi connectivity index (χ1v) is 7.99. The minimum atomic E-state index is 0.618. The first-order chi connectivity index (χ1) is 8.70. The van der Waals surface area contributed by atoms with Crippen molar-refractivity contribution in [3.63, 3.8) is 0 Å². The second kappa shape index (κ2) is 4.72. The van der Waals surface area contributed by atoms with Crippen molar-refractivity contribution in [1.29, 1.82) is 0 Å². The molecule has 18 heavy (non-hydrogen) atoms. The molecule has 0 saturated heterocycles. The van der Waals surface area contributed by atoms with Crippen LogP contribution in [0.1, 0.15) is 57.4 Å². The van der Waals surface area contributed by atoms with Crippen LogP contribution < -0.4 is 11.1 Å². The van der Waals surface area contributed by atoms with Crippen molar-refractivity contribution in [1.82, 2.24) is 4.37 Å². The van der Waals surface area contributed by atoms with E-state index in [1.54, 1.807) is 11.5 Å². The maximum Gasteiger partial charge on any atom is 0.142 e.